The first-order valence-electron chi connectivity index (χ1n) is 7.37. The third kappa shape index (κ3) is 6.08. The average molecular weight is 370 g/mol. The zero-order valence-corrected chi connectivity index (χ0v) is 13.3. The van der Waals surface area contributed by atoms with Crippen molar-refractivity contribution in [3.8, 4) is 0 Å². The Labute approximate surface area is 145 Å². The predicted octanol–water partition coefficient (Wildman–Crippen LogP) is 2.88. The van der Waals surface area contributed by atoms with Gasteiger partial charge in [0.15, 0.2) is 0 Å². The number of furan rings is 1. The molecule has 0 aliphatic heterocycles. The van der Waals surface area contributed by atoms with E-state index in [4.69, 9.17) is 4.42 Å². The predicted molar refractivity (Wildman–Crippen MR) is 84.0 cm³/mol. The van der Waals surface area contributed by atoms with Crippen molar-refractivity contribution in [3.05, 3.63) is 65.4 Å². The Balaban J connectivity index is 1.81. The molecular formula is C17H14F4N2O3. The highest BCUT2D eigenvalue weighted by atomic mass is 19.4. The number of nitrogens with one attached hydrogen (secondary N) is 2. The quantitative estimate of drug-likeness (QED) is 0.607. The lowest BCUT2D eigenvalue weighted by Crippen LogP contribution is -2.35. The SMILES string of the molecule is O=C(/C=C/c1ccco1)NCC(=O)NCc1cc(F)cc(C(F)(F)F)c1. The summed E-state index contributed by atoms with van der Waals surface area (Å²) >= 11 is 0. The highest BCUT2D eigenvalue weighted by molar-refractivity contribution is 5.94. The Morgan fingerprint density at radius 2 is 1.92 bits per heavy atom. The summed E-state index contributed by atoms with van der Waals surface area (Å²) in [4.78, 5) is 23.2. The second-order valence-corrected chi connectivity index (χ2v) is 5.19. The molecule has 0 fully saturated rings. The van der Waals surface area contributed by atoms with Gasteiger partial charge in [0.2, 0.25) is 11.8 Å². The number of hydrogen-bond acceptors (Lipinski definition) is 3. The van der Waals surface area contributed by atoms with Crippen molar-refractivity contribution in [2.45, 2.75) is 12.7 Å². The molecule has 5 nitrogen and oxygen atoms in total. The van der Waals surface area contributed by atoms with Crippen molar-refractivity contribution in [1.82, 2.24) is 10.6 Å². The Hall–Kier alpha value is -3.10. The number of carbonyl (C=O) groups excluding carboxylic acids is 2. The monoisotopic (exact) mass is 370 g/mol. The molecule has 0 saturated heterocycles. The number of amides is 2. The summed E-state index contributed by atoms with van der Waals surface area (Å²) in [6, 6.07) is 5.28. The maximum Gasteiger partial charge on any atom is 0.416 e. The van der Waals surface area contributed by atoms with Gasteiger partial charge in [-0.1, -0.05) is 0 Å². The third-order valence-corrected chi connectivity index (χ3v) is 3.14. The Bertz CT molecular complexity index is 799. The molecule has 2 amide bonds. The molecule has 0 aliphatic rings. The van der Waals surface area contributed by atoms with Crippen LogP contribution in [0.25, 0.3) is 6.08 Å². The number of hydrogen-bond donors (Lipinski definition) is 2. The van der Waals surface area contributed by atoms with E-state index in [-0.39, 0.29) is 18.7 Å². The molecule has 138 valence electrons. The van der Waals surface area contributed by atoms with Crippen LogP contribution >= 0.6 is 0 Å². The first-order chi connectivity index (χ1) is 12.2. The summed E-state index contributed by atoms with van der Waals surface area (Å²) in [5.74, 6) is -1.79. The minimum atomic E-state index is -4.69. The van der Waals surface area contributed by atoms with Gasteiger partial charge in [-0.2, -0.15) is 13.2 Å². The van der Waals surface area contributed by atoms with Gasteiger partial charge in [0.25, 0.3) is 0 Å². The molecule has 2 N–H and O–H groups in total. The van der Waals surface area contributed by atoms with E-state index in [0.29, 0.717) is 11.8 Å². The van der Waals surface area contributed by atoms with E-state index < -0.39 is 29.4 Å². The highest BCUT2D eigenvalue weighted by Gasteiger charge is 2.31. The summed E-state index contributed by atoms with van der Waals surface area (Å²) < 4.78 is 56.1. The van der Waals surface area contributed by atoms with E-state index in [1.165, 1.54) is 12.3 Å². The Kier molecular flexibility index (Phi) is 6.16. The van der Waals surface area contributed by atoms with E-state index >= 15 is 0 Å². The minimum Gasteiger partial charge on any atom is -0.465 e. The topological polar surface area (TPSA) is 71.3 Å². The third-order valence-electron chi connectivity index (χ3n) is 3.14. The number of carbonyl (C=O) groups is 2. The van der Waals surface area contributed by atoms with Crippen molar-refractivity contribution >= 4 is 17.9 Å². The fraction of sp³-hybridized carbons (Fsp3) is 0.176. The van der Waals surface area contributed by atoms with Crippen LogP contribution in [-0.4, -0.2) is 18.4 Å². The summed E-state index contributed by atoms with van der Waals surface area (Å²) in [7, 11) is 0. The molecule has 0 spiro atoms. The molecule has 2 aromatic rings. The molecule has 0 aliphatic carbocycles. The second-order valence-electron chi connectivity index (χ2n) is 5.19. The van der Waals surface area contributed by atoms with Crippen LogP contribution in [0.2, 0.25) is 0 Å². The van der Waals surface area contributed by atoms with Crippen molar-refractivity contribution in [1.29, 1.82) is 0 Å². The maximum atomic E-state index is 13.3. The van der Waals surface area contributed by atoms with E-state index in [2.05, 4.69) is 10.6 Å². The van der Waals surface area contributed by atoms with Crippen LogP contribution < -0.4 is 10.6 Å². The molecule has 0 atom stereocenters. The molecule has 2 rings (SSSR count). The van der Waals surface area contributed by atoms with Crippen molar-refractivity contribution < 1.29 is 31.6 Å². The van der Waals surface area contributed by atoms with Crippen LogP contribution in [0.3, 0.4) is 0 Å². The van der Waals surface area contributed by atoms with E-state index in [0.717, 1.165) is 18.2 Å². The molecule has 0 saturated carbocycles. The van der Waals surface area contributed by atoms with Gasteiger partial charge in [-0.25, -0.2) is 4.39 Å². The number of benzene rings is 1. The summed E-state index contributed by atoms with van der Waals surface area (Å²) in [6.07, 6.45) is -0.691. The van der Waals surface area contributed by atoms with Gasteiger partial charge in [-0.15, -0.1) is 0 Å². The fourth-order valence-electron chi connectivity index (χ4n) is 1.95. The normalized spacial score (nSPS) is 11.5. The zero-order valence-electron chi connectivity index (χ0n) is 13.3. The molecule has 1 aromatic heterocycles. The molecule has 0 radical (unpaired) electrons. The van der Waals surface area contributed by atoms with Gasteiger partial charge >= 0.3 is 6.18 Å². The van der Waals surface area contributed by atoms with Crippen molar-refractivity contribution in [3.63, 3.8) is 0 Å². The molecule has 1 aromatic carbocycles. The highest BCUT2D eigenvalue weighted by Crippen LogP contribution is 2.30. The molecule has 26 heavy (non-hydrogen) atoms. The van der Waals surface area contributed by atoms with Gasteiger partial charge in [-0.05, 0) is 42.0 Å². The average Bonchev–Trinajstić information content (AvgIpc) is 3.08. The van der Waals surface area contributed by atoms with Crippen LogP contribution in [0.5, 0.6) is 0 Å². The van der Waals surface area contributed by atoms with E-state index in [1.807, 2.05) is 0 Å². The number of rotatable bonds is 6. The molecule has 1 heterocycles. The van der Waals surface area contributed by atoms with E-state index in [1.54, 1.807) is 12.1 Å². The maximum absolute atomic E-state index is 13.3. The zero-order chi connectivity index (χ0) is 19.2. The summed E-state index contributed by atoms with van der Waals surface area (Å²) in [5.41, 5.74) is -1.19. The van der Waals surface area contributed by atoms with Crippen LogP contribution in [0.4, 0.5) is 17.6 Å². The first kappa shape index (κ1) is 19.2. The van der Waals surface area contributed by atoms with Crippen molar-refractivity contribution in [2.75, 3.05) is 6.54 Å². The second kappa shape index (κ2) is 8.32. The number of alkyl halides is 3. The van der Waals surface area contributed by atoms with Crippen LogP contribution in [0, 0.1) is 5.82 Å². The molecule has 0 unspecified atom stereocenters. The lowest BCUT2D eigenvalue weighted by molar-refractivity contribution is -0.137. The van der Waals surface area contributed by atoms with Gasteiger partial charge in [0.1, 0.15) is 11.6 Å². The Morgan fingerprint density at radius 1 is 1.15 bits per heavy atom. The lowest BCUT2D eigenvalue weighted by atomic mass is 10.1. The first-order valence-corrected chi connectivity index (χ1v) is 7.37. The van der Waals surface area contributed by atoms with Crippen LogP contribution in [0.1, 0.15) is 16.9 Å². The smallest absolute Gasteiger partial charge is 0.416 e. The molecule has 0 bridgehead atoms. The fourth-order valence-corrected chi connectivity index (χ4v) is 1.95. The standard InChI is InChI=1S/C17H14F4N2O3/c18-13-7-11(6-12(8-13)17(19,20)21)9-22-16(25)10-23-15(24)4-3-14-2-1-5-26-14/h1-8H,9-10H2,(H,22,25)(H,23,24)/b4-3+. The number of halogens is 4. The Morgan fingerprint density at radius 3 is 2.58 bits per heavy atom. The molecular weight excluding hydrogens is 356 g/mol. The van der Waals surface area contributed by atoms with Crippen LogP contribution in [-0.2, 0) is 22.3 Å². The van der Waals surface area contributed by atoms with Crippen LogP contribution in [0.15, 0.2) is 47.1 Å². The van der Waals surface area contributed by atoms with Crippen molar-refractivity contribution in [2.24, 2.45) is 0 Å². The summed E-state index contributed by atoms with van der Waals surface area (Å²) in [5, 5.41) is 4.59. The van der Waals surface area contributed by atoms with Gasteiger partial charge in [0.05, 0.1) is 18.4 Å². The molecule has 9 heteroatoms. The van der Waals surface area contributed by atoms with Gasteiger partial charge < -0.3 is 15.1 Å². The minimum absolute atomic E-state index is 0.0466. The largest absolute Gasteiger partial charge is 0.465 e. The van der Waals surface area contributed by atoms with Gasteiger partial charge in [0, 0.05) is 12.6 Å². The van der Waals surface area contributed by atoms with E-state index in [9.17, 15) is 27.2 Å². The lowest BCUT2D eigenvalue weighted by Gasteiger charge is -2.10. The van der Waals surface area contributed by atoms with Gasteiger partial charge in [-0.3, -0.25) is 9.59 Å². The summed E-state index contributed by atoms with van der Waals surface area (Å²) in [6.45, 7) is -0.694.